The van der Waals surface area contributed by atoms with Gasteiger partial charge in [-0.3, -0.25) is 8.80 Å². The number of esters is 2. The highest BCUT2D eigenvalue weighted by molar-refractivity contribution is 7.85. The molecule has 4 unspecified atom stereocenters. The fourth-order valence-corrected chi connectivity index (χ4v) is 10.3. The standard InChI is InChI=1S/C25H28N5O4S.C18H21N5O2/c1-4-18-12-17(14-23(31)34-5-2)13-20(18)24-28-27-22-15-26-25-21(30(22)24)10-11-29(25)35(32,33)19-8-6-16(3)7-9-19;1-3-12-7-11(9-16(24)25-4-2)8-13(12)18-22-21-15-10-20-17-14(23(15)18)5-6-19-17/h6-9,11,14-15,18,20H,4-5,10,12-13H2,1-3H3;5-6,9-10,12-13,19H,3-4,7-8H2,1-2H3/q+1;. The highest BCUT2D eigenvalue weighted by atomic mass is 32.2. The van der Waals surface area contributed by atoms with Crippen molar-refractivity contribution in [3.05, 3.63) is 95.1 Å². The summed E-state index contributed by atoms with van der Waals surface area (Å²) in [7, 11) is -3.80. The number of carbonyl (C=O) groups is 2. The third-order valence-electron chi connectivity index (χ3n) is 11.8. The molecule has 1 N–H and O–H groups in total. The molecule has 6 heterocycles. The van der Waals surface area contributed by atoms with Crippen LogP contribution in [0.3, 0.4) is 0 Å². The Morgan fingerprint density at radius 2 is 1.35 bits per heavy atom. The minimum atomic E-state index is -3.80. The molecule has 6 aromatic rings. The first-order valence-corrected chi connectivity index (χ1v) is 22.0. The number of sulfonamides is 1. The van der Waals surface area contributed by atoms with Crippen LogP contribution in [0.2, 0.25) is 0 Å². The summed E-state index contributed by atoms with van der Waals surface area (Å²) in [6, 6.07) is 8.78. The summed E-state index contributed by atoms with van der Waals surface area (Å²) < 4.78 is 42.2. The molecular weight excluding hydrogens is 785 g/mol. The zero-order chi connectivity index (χ0) is 42.1. The molecular formula is C43H49N10O6S+. The molecule has 9 rings (SSSR count). The van der Waals surface area contributed by atoms with Crippen LogP contribution in [0.25, 0.3) is 22.5 Å². The molecule has 312 valence electrons. The molecule has 4 atom stereocenters. The number of H-pyrrole nitrogens is 1. The van der Waals surface area contributed by atoms with E-state index in [2.05, 4.69) is 53.6 Å². The minimum absolute atomic E-state index is 0.0601. The molecule has 0 bridgehead atoms. The van der Waals surface area contributed by atoms with Crippen molar-refractivity contribution in [3.8, 4) is 0 Å². The maximum atomic E-state index is 13.4. The largest absolute Gasteiger partial charge is 0.463 e. The van der Waals surface area contributed by atoms with Crippen LogP contribution in [0.1, 0.15) is 101 Å². The summed E-state index contributed by atoms with van der Waals surface area (Å²) in [5.74, 6) is 2.55. The number of nitrogens with zero attached hydrogens (tertiary/aromatic N) is 9. The smallest absolute Gasteiger partial charge is 0.358 e. The molecule has 17 heteroatoms. The van der Waals surface area contributed by atoms with Gasteiger partial charge in [0.25, 0.3) is 0 Å². The number of benzene rings is 1. The number of hydrogen-bond acceptors (Lipinski definition) is 12. The van der Waals surface area contributed by atoms with Gasteiger partial charge in [-0.15, -0.1) is 24.4 Å². The third kappa shape index (κ3) is 7.61. The topological polar surface area (TPSA) is 192 Å². The highest BCUT2D eigenvalue weighted by Crippen LogP contribution is 2.46. The first-order chi connectivity index (χ1) is 29.0. The van der Waals surface area contributed by atoms with Gasteiger partial charge in [0.15, 0.2) is 17.5 Å². The van der Waals surface area contributed by atoms with Crippen LogP contribution in [0.5, 0.6) is 0 Å². The van der Waals surface area contributed by atoms with Gasteiger partial charge < -0.3 is 14.5 Å². The monoisotopic (exact) mass is 833 g/mol. The summed E-state index contributed by atoms with van der Waals surface area (Å²) in [5.41, 5.74) is 7.04. The van der Waals surface area contributed by atoms with E-state index in [-0.39, 0.29) is 28.7 Å². The van der Waals surface area contributed by atoms with Crippen molar-refractivity contribution >= 4 is 56.5 Å². The molecule has 0 amide bonds. The van der Waals surface area contributed by atoms with Crippen molar-refractivity contribution in [2.45, 2.75) is 96.3 Å². The SMILES string of the molecule is CCOC(=O)C=C1CC(CC)C(c2nnc3cnc4[nH]ccc4n23)C1.CCOC(=O)C=C1CC(CC)C(c2nnc3cnc4c(n23)CC=[N+]4S(=O)(=O)c2ccc(C)cc2)C1. The molecule has 2 fully saturated rings. The lowest BCUT2D eigenvalue weighted by Crippen LogP contribution is -2.17. The second-order valence-electron chi connectivity index (χ2n) is 15.5. The molecule has 0 spiro atoms. The van der Waals surface area contributed by atoms with Crippen LogP contribution in [-0.4, -0.2) is 87.9 Å². The number of rotatable bonds is 10. The van der Waals surface area contributed by atoms with Gasteiger partial charge in [-0.2, -0.15) is 8.42 Å². The van der Waals surface area contributed by atoms with Gasteiger partial charge in [-0.25, -0.2) is 14.6 Å². The summed E-state index contributed by atoms with van der Waals surface area (Å²) >= 11 is 0. The average Bonchev–Trinajstić information content (AvgIpc) is 4.09. The van der Waals surface area contributed by atoms with Crippen molar-refractivity contribution in [2.75, 3.05) is 13.2 Å². The second kappa shape index (κ2) is 16.9. The molecule has 1 aliphatic heterocycles. The number of aromatic nitrogens is 9. The Balaban J connectivity index is 0.000000176. The second-order valence-corrected chi connectivity index (χ2v) is 17.3. The van der Waals surface area contributed by atoms with Crippen LogP contribution >= 0.6 is 0 Å². The van der Waals surface area contributed by atoms with Crippen molar-refractivity contribution in [2.24, 2.45) is 11.8 Å². The lowest BCUT2D eigenvalue weighted by atomic mass is 9.93. The van der Waals surface area contributed by atoms with E-state index in [4.69, 9.17) is 9.47 Å². The van der Waals surface area contributed by atoms with Crippen LogP contribution in [-0.2, 0) is 35.5 Å². The van der Waals surface area contributed by atoms with Gasteiger partial charge in [0.1, 0.15) is 22.2 Å². The van der Waals surface area contributed by atoms with Crippen LogP contribution < -0.4 is 0 Å². The number of carbonyl (C=O) groups excluding carboxylic acids is 2. The first kappa shape index (κ1) is 40.7. The van der Waals surface area contributed by atoms with E-state index in [1.807, 2.05) is 30.5 Å². The fourth-order valence-electron chi connectivity index (χ4n) is 8.92. The van der Waals surface area contributed by atoms with Gasteiger partial charge >= 0.3 is 27.8 Å². The summed E-state index contributed by atoms with van der Waals surface area (Å²) in [5, 5.41) is 17.6. The van der Waals surface area contributed by atoms with Crippen molar-refractivity contribution in [1.82, 2.24) is 44.1 Å². The minimum Gasteiger partial charge on any atom is -0.463 e. The molecule has 60 heavy (non-hydrogen) atoms. The summed E-state index contributed by atoms with van der Waals surface area (Å²) in [6.07, 6.45) is 15.6. The Morgan fingerprint density at radius 3 is 1.93 bits per heavy atom. The quantitative estimate of drug-likeness (QED) is 0.0899. The van der Waals surface area contributed by atoms with Crippen molar-refractivity contribution < 1.29 is 31.5 Å². The molecule has 2 saturated carbocycles. The Kier molecular flexibility index (Phi) is 11.4. The Labute approximate surface area is 347 Å². The van der Waals surface area contributed by atoms with E-state index in [9.17, 15) is 18.0 Å². The molecule has 0 saturated heterocycles. The maximum absolute atomic E-state index is 13.4. The fraction of sp³-hybridized carbons (Fsp3) is 0.419. The Morgan fingerprint density at radius 1 is 0.783 bits per heavy atom. The van der Waals surface area contributed by atoms with Crippen molar-refractivity contribution in [1.29, 1.82) is 0 Å². The molecule has 1 aromatic carbocycles. The number of aromatic amines is 1. The number of ether oxygens (including phenoxy) is 2. The normalized spacial score (nSPS) is 21.4. The van der Waals surface area contributed by atoms with E-state index < -0.39 is 10.0 Å². The highest BCUT2D eigenvalue weighted by Gasteiger charge is 2.40. The van der Waals surface area contributed by atoms with Gasteiger partial charge in [-0.05, 0) is 81.5 Å². The first-order valence-electron chi connectivity index (χ1n) is 20.6. The lowest BCUT2D eigenvalue weighted by molar-refractivity contribution is -0.257. The van der Waals surface area contributed by atoms with Crippen LogP contribution in [0.15, 0.2) is 77.1 Å². The van der Waals surface area contributed by atoms with Crippen molar-refractivity contribution in [3.63, 3.8) is 0 Å². The molecule has 16 nitrogen and oxygen atoms in total. The summed E-state index contributed by atoms with van der Waals surface area (Å²) in [4.78, 5) is 36.0. The number of hydrogen-bond donors (Lipinski definition) is 1. The molecule has 5 aromatic heterocycles. The zero-order valence-corrected chi connectivity index (χ0v) is 35.2. The molecule has 0 radical (unpaired) electrons. The van der Waals surface area contributed by atoms with E-state index in [1.54, 1.807) is 61.9 Å². The van der Waals surface area contributed by atoms with Gasteiger partial charge in [0.05, 0.1) is 37.6 Å². The van der Waals surface area contributed by atoms with E-state index in [1.165, 1.54) is 3.98 Å². The Bertz CT molecular complexity index is 2800. The predicted molar refractivity (Wildman–Crippen MR) is 222 cm³/mol. The number of fused-ring (bicyclic) bond motifs is 6. The third-order valence-corrected chi connectivity index (χ3v) is 13.5. The molecule has 2 aliphatic carbocycles. The van der Waals surface area contributed by atoms with Gasteiger partial charge in [0.2, 0.25) is 5.65 Å². The van der Waals surface area contributed by atoms with E-state index in [0.717, 1.165) is 83.0 Å². The maximum Gasteiger partial charge on any atom is 0.358 e. The van der Waals surface area contributed by atoms with E-state index in [0.29, 0.717) is 49.4 Å². The van der Waals surface area contributed by atoms with Gasteiger partial charge in [0, 0.05) is 30.2 Å². The van der Waals surface area contributed by atoms with Crippen LogP contribution in [0.4, 0.5) is 5.82 Å². The predicted octanol–water partition coefficient (Wildman–Crippen LogP) is 6.48. The average molecular weight is 834 g/mol. The van der Waals surface area contributed by atoms with Gasteiger partial charge in [-0.1, -0.05) is 55.5 Å². The number of allylic oxidation sites excluding steroid dienone is 2. The lowest BCUT2D eigenvalue weighted by Gasteiger charge is -2.16. The van der Waals surface area contributed by atoms with Crippen LogP contribution in [0, 0.1) is 18.8 Å². The Hall–Kier alpha value is -6.10. The number of aryl methyl sites for hydroxylation is 1. The summed E-state index contributed by atoms with van der Waals surface area (Å²) in [6.45, 7) is 10.6. The molecule has 3 aliphatic rings. The van der Waals surface area contributed by atoms with E-state index >= 15 is 0 Å². The zero-order valence-electron chi connectivity index (χ0n) is 34.4. The number of nitrogens with one attached hydrogen (secondary N) is 1.